The predicted octanol–water partition coefficient (Wildman–Crippen LogP) is 3.12. The van der Waals surface area contributed by atoms with Gasteiger partial charge >= 0.3 is 12.1 Å². The molecule has 0 aliphatic rings. The van der Waals surface area contributed by atoms with Crippen LogP contribution >= 0.6 is 0 Å². The van der Waals surface area contributed by atoms with Gasteiger partial charge in [0, 0.05) is 6.42 Å². The number of alkyl carbamates (subject to hydrolysis) is 1. The molecule has 2 amide bonds. The van der Waals surface area contributed by atoms with E-state index in [0.29, 0.717) is 6.42 Å². The van der Waals surface area contributed by atoms with E-state index in [9.17, 15) is 19.5 Å². The maximum atomic E-state index is 12.7. The van der Waals surface area contributed by atoms with Gasteiger partial charge in [-0.1, -0.05) is 60.7 Å². The number of carbonyl (C=O) groups excluding carboxylic acids is 3. The molecule has 2 rings (SSSR count). The first-order chi connectivity index (χ1) is 16.2. The molecule has 0 spiro atoms. The molecule has 2 aromatic rings. The second-order valence-corrected chi connectivity index (χ2v) is 8.97. The molecule has 0 fully saturated rings. The van der Waals surface area contributed by atoms with Crippen molar-refractivity contribution >= 4 is 18.0 Å². The first-order valence-corrected chi connectivity index (χ1v) is 11.3. The summed E-state index contributed by atoms with van der Waals surface area (Å²) in [6.07, 6.45) is -0.331. The van der Waals surface area contributed by atoms with Crippen LogP contribution in [0.5, 0.6) is 0 Å². The first kappa shape index (κ1) is 26.9. The van der Waals surface area contributed by atoms with Crippen molar-refractivity contribution in [3.8, 4) is 0 Å². The zero-order valence-electron chi connectivity index (χ0n) is 20.0. The third-order valence-electron chi connectivity index (χ3n) is 4.77. The van der Waals surface area contributed by atoms with Crippen LogP contribution in [-0.4, -0.2) is 47.4 Å². The number of nitrogens with one attached hydrogen (secondary N) is 2. The lowest BCUT2D eigenvalue weighted by Gasteiger charge is -2.23. The average molecular weight is 471 g/mol. The number of benzene rings is 2. The fourth-order valence-electron chi connectivity index (χ4n) is 3.16. The van der Waals surface area contributed by atoms with Gasteiger partial charge in [-0.15, -0.1) is 0 Å². The van der Waals surface area contributed by atoms with E-state index in [1.54, 1.807) is 20.8 Å². The number of esters is 1. The van der Waals surface area contributed by atoms with Crippen LogP contribution < -0.4 is 10.6 Å². The molecule has 0 aliphatic carbocycles. The number of rotatable bonds is 11. The molecule has 0 unspecified atom stereocenters. The number of carbonyl (C=O) groups is 3. The van der Waals surface area contributed by atoms with Gasteiger partial charge in [-0.25, -0.2) is 9.59 Å². The smallest absolute Gasteiger partial charge is 0.408 e. The highest BCUT2D eigenvalue weighted by atomic mass is 16.6. The van der Waals surface area contributed by atoms with E-state index in [1.165, 1.54) is 0 Å². The Kier molecular flexibility index (Phi) is 10.5. The molecule has 8 nitrogen and oxygen atoms in total. The Morgan fingerprint density at radius 3 is 2.06 bits per heavy atom. The summed E-state index contributed by atoms with van der Waals surface area (Å²) in [7, 11) is 0. The summed E-state index contributed by atoms with van der Waals surface area (Å²) in [6.45, 7) is 4.96. The molecular formula is C26H34N2O6. The second-order valence-electron chi connectivity index (χ2n) is 8.97. The van der Waals surface area contributed by atoms with Crippen LogP contribution in [0.4, 0.5) is 4.79 Å². The molecule has 3 N–H and O–H groups in total. The van der Waals surface area contributed by atoms with E-state index in [-0.39, 0.29) is 32.0 Å². The Hall–Kier alpha value is -3.39. The molecule has 0 radical (unpaired) electrons. The van der Waals surface area contributed by atoms with Gasteiger partial charge in [-0.2, -0.15) is 0 Å². The zero-order chi connectivity index (χ0) is 25.0. The molecule has 0 saturated heterocycles. The molecule has 8 heteroatoms. The quantitative estimate of drug-likeness (QED) is 0.435. The average Bonchev–Trinajstić information content (AvgIpc) is 2.80. The summed E-state index contributed by atoms with van der Waals surface area (Å²) >= 11 is 0. The van der Waals surface area contributed by atoms with Gasteiger partial charge in [-0.3, -0.25) is 4.79 Å². The van der Waals surface area contributed by atoms with Crippen LogP contribution in [0, 0.1) is 0 Å². The SMILES string of the molecule is CC(C)(C)OC(=O)N[C@@H](CCC(=O)N[C@H](CO)Cc1ccccc1)C(=O)OCc1ccccc1. The lowest BCUT2D eigenvalue weighted by molar-refractivity contribution is -0.147. The Labute approximate surface area is 200 Å². The Morgan fingerprint density at radius 2 is 1.50 bits per heavy atom. The molecule has 0 aromatic heterocycles. The molecule has 0 bridgehead atoms. The standard InChI is InChI=1S/C26H34N2O6/c1-26(2,3)34-25(32)28-22(24(31)33-18-20-12-8-5-9-13-20)14-15-23(30)27-21(17-29)16-19-10-6-4-7-11-19/h4-13,21-22,29H,14-18H2,1-3H3,(H,27,30)(H,28,32)/t21-,22-/m0/s1. The summed E-state index contributed by atoms with van der Waals surface area (Å²) < 4.78 is 10.6. The molecular weight excluding hydrogens is 436 g/mol. The third kappa shape index (κ3) is 10.5. The molecule has 34 heavy (non-hydrogen) atoms. The van der Waals surface area contributed by atoms with Crippen molar-refractivity contribution in [1.29, 1.82) is 0 Å². The van der Waals surface area contributed by atoms with Crippen molar-refractivity contribution in [3.05, 3.63) is 71.8 Å². The van der Waals surface area contributed by atoms with Crippen LogP contribution in [0.2, 0.25) is 0 Å². The minimum Gasteiger partial charge on any atom is -0.459 e. The zero-order valence-corrected chi connectivity index (χ0v) is 20.0. The van der Waals surface area contributed by atoms with Crippen LogP contribution in [0.15, 0.2) is 60.7 Å². The van der Waals surface area contributed by atoms with E-state index in [4.69, 9.17) is 9.47 Å². The molecule has 0 heterocycles. The van der Waals surface area contributed by atoms with Gasteiger partial charge in [0.05, 0.1) is 12.6 Å². The van der Waals surface area contributed by atoms with Crippen molar-refractivity contribution < 1.29 is 29.0 Å². The van der Waals surface area contributed by atoms with Crippen LogP contribution in [0.1, 0.15) is 44.7 Å². The third-order valence-corrected chi connectivity index (χ3v) is 4.77. The second kappa shape index (κ2) is 13.3. The molecule has 0 aliphatic heterocycles. The highest BCUT2D eigenvalue weighted by Gasteiger charge is 2.26. The highest BCUT2D eigenvalue weighted by molar-refractivity contribution is 5.83. The number of aliphatic hydroxyl groups excluding tert-OH is 1. The van der Waals surface area contributed by atoms with Gasteiger partial charge < -0.3 is 25.2 Å². The monoisotopic (exact) mass is 470 g/mol. The minimum absolute atomic E-state index is 0.0161. The van der Waals surface area contributed by atoms with E-state index in [0.717, 1.165) is 11.1 Å². The summed E-state index contributed by atoms with van der Waals surface area (Å²) in [5.41, 5.74) is 1.04. The molecule has 184 valence electrons. The lowest BCUT2D eigenvalue weighted by Crippen LogP contribution is -2.45. The number of ether oxygens (including phenoxy) is 2. The van der Waals surface area contributed by atoms with Gasteiger partial charge in [0.25, 0.3) is 0 Å². The van der Waals surface area contributed by atoms with Gasteiger partial charge in [0.2, 0.25) is 5.91 Å². The largest absolute Gasteiger partial charge is 0.459 e. The van der Waals surface area contributed by atoms with Crippen LogP contribution in [0.3, 0.4) is 0 Å². The minimum atomic E-state index is -1.06. The summed E-state index contributed by atoms with van der Waals surface area (Å²) in [5.74, 6) is -1.01. The number of hydrogen-bond acceptors (Lipinski definition) is 6. The van der Waals surface area contributed by atoms with E-state index >= 15 is 0 Å². The Morgan fingerprint density at radius 1 is 0.912 bits per heavy atom. The molecule has 2 aromatic carbocycles. The summed E-state index contributed by atoms with van der Waals surface area (Å²) in [4.78, 5) is 37.4. The van der Waals surface area contributed by atoms with Crippen LogP contribution in [-0.2, 0) is 32.1 Å². The Balaban J connectivity index is 1.95. The normalized spacial score (nSPS) is 12.8. The van der Waals surface area contributed by atoms with Crippen molar-refractivity contribution in [2.45, 2.75) is 64.3 Å². The topological polar surface area (TPSA) is 114 Å². The van der Waals surface area contributed by atoms with Gasteiger partial charge in [-0.05, 0) is 44.7 Å². The maximum absolute atomic E-state index is 12.7. The predicted molar refractivity (Wildman–Crippen MR) is 128 cm³/mol. The molecule has 0 saturated carbocycles. The summed E-state index contributed by atoms with van der Waals surface area (Å²) in [6, 6.07) is 17.1. The van der Waals surface area contributed by atoms with E-state index < -0.39 is 29.7 Å². The fraction of sp³-hybridized carbons (Fsp3) is 0.423. The lowest BCUT2D eigenvalue weighted by atomic mass is 10.1. The maximum Gasteiger partial charge on any atom is 0.408 e. The first-order valence-electron chi connectivity index (χ1n) is 11.3. The highest BCUT2D eigenvalue weighted by Crippen LogP contribution is 2.10. The molecule has 2 atom stereocenters. The van der Waals surface area contributed by atoms with Crippen molar-refractivity contribution in [2.24, 2.45) is 0 Å². The van der Waals surface area contributed by atoms with Crippen molar-refractivity contribution in [2.75, 3.05) is 6.61 Å². The van der Waals surface area contributed by atoms with Crippen LogP contribution in [0.25, 0.3) is 0 Å². The van der Waals surface area contributed by atoms with E-state index in [1.807, 2.05) is 60.7 Å². The fourth-order valence-corrected chi connectivity index (χ4v) is 3.16. The van der Waals surface area contributed by atoms with Crippen molar-refractivity contribution in [3.63, 3.8) is 0 Å². The Bertz CT molecular complexity index is 912. The van der Waals surface area contributed by atoms with Gasteiger partial charge in [0.15, 0.2) is 0 Å². The van der Waals surface area contributed by atoms with Gasteiger partial charge in [0.1, 0.15) is 18.2 Å². The van der Waals surface area contributed by atoms with Crippen molar-refractivity contribution in [1.82, 2.24) is 10.6 Å². The van der Waals surface area contributed by atoms with E-state index in [2.05, 4.69) is 10.6 Å². The number of amides is 2. The number of aliphatic hydroxyl groups is 1. The summed E-state index contributed by atoms with van der Waals surface area (Å²) in [5, 5.41) is 14.9. The number of hydrogen-bond donors (Lipinski definition) is 3.